The van der Waals surface area contributed by atoms with Gasteiger partial charge in [-0.2, -0.15) is 0 Å². The molecule has 6 heteroatoms. The van der Waals surface area contributed by atoms with Gasteiger partial charge in [-0.05, 0) is 60.8 Å². The number of benzene rings is 1. The van der Waals surface area contributed by atoms with E-state index in [2.05, 4.69) is 11.2 Å². The van der Waals surface area contributed by atoms with Crippen molar-refractivity contribution < 1.29 is 14.4 Å². The lowest BCUT2D eigenvalue weighted by atomic mass is 9.89. The van der Waals surface area contributed by atoms with E-state index in [4.69, 9.17) is 12.2 Å². The summed E-state index contributed by atoms with van der Waals surface area (Å²) in [6.45, 7) is 1.89. The summed E-state index contributed by atoms with van der Waals surface area (Å²) in [7, 11) is 0. The first-order valence-electron chi connectivity index (χ1n) is 8.94. The Morgan fingerprint density at radius 1 is 1.42 bits per heavy atom. The number of amides is 4. The number of imide groups is 1. The van der Waals surface area contributed by atoms with Crippen LogP contribution in [0.4, 0.5) is 4.79 Å². The predicted octanol–water partition coefficient (Wildman–Crippen LogP) is 1.26. The maximum Gasteiger partial charge on any atom is 0.326 e. The Hall–Kier alpha value is -2.81. The molecule has 1 spiro atoms. The van der Waals surface area contributed by atoms with Crippen molar-refractivity contribution >= 4 is 17.8 Å². The van der Waals surface area contributed by atoms with Crippen LogP contribution in [0.1, 0.15) is 42.9 Å². The second-order valence-electron chi connectivity index (χ2n) is 7.57. The quantitative estimate of drug-likeness (QED) is 0.632. The summed E-state index contributed by atoms with van der Waals surface area (Å²) >= 11 is 0. The van der Waals surface area contributed by atoms with Gasteiger partial charge in [-0.3, -0.25) is 9.59 Å². The topological polar surface area (TPSA) is 92.5 Å². The van der Waals surface area contributed by atoms with E-state index in [1.165, 1.54) is 0 Å². The van der Waals surface area contributed by atoms with Crippen LogP contribution in [0.5, 0.6) is 0 Å². The number of nitrogens with one attached hydrogen (secondary N) is 1. The summed E-state index contributed by atoms with van der Waals surface area (Å²) in [5.41, 5.74) is 6.94. The Bertz CT molecular complexity index is 868. The van der Waals surface area contributed by atoms with Crippen molar-refractivity contribution in [3.05, 3.63) is 34.9 Å². The van der Waals surface area contributed by atoms with Gasteiger partial charge in [-0.1, -0.05) is 18.9 Å². The molecule has 0 aromatic heterocycles. The van der Waals surface area contributed by atoms with E-state index in [0.29, 0.717) is 18.8 Å². The molecule has 0 radical (unpaired) electrons. The molecule has 3 N–H and O–H groups in total. The number of terminal acetylenes is 1. The minimum absolute atomic E-state index is 0.137. The molecule has 1 saturated carbocycles. The number of nitrogens with zero attached hydrogens (tertiary/aromatic N) is 1. The molecule has 3 atom stereocenters. The highest BCUT2D eigenvalue weighted by Gasteiger charge is 2.59. The molecule has 1 aromatic rings. The van der Waals surface area contributed by atoms with Gasteiger partial charge in [0.15, 0.2) is 0 Å². The molecule has 1 unspecified atom stereocenters. The van der Waals surface area contributed by atoms with Crippen LogP contribution in [0.25, 0.3) is 0 Å². The third-order valence-electron chi connectivity index (χ3n) is 6.06. The highest BCUT2D eigenvalue weighted by Crippen LogP contribution is 2.45. The van der Waals surface area contributed by atoms with Gasteiger partial charge >= 0.3 is 6.03 Å². The Labute approximate surface area is 152 Å². The molecule has 26 heavy (non-hydrogen) atoms. The monoisotopic (exact) mass is 351 g/mol. The lowest BCUT2D eigenvalue weighted by molar-refractivity contribution is -0.139. The van der Waals surface area contributed by atoms with Crippen LogP contribution < -0.4 is 11.1 Å². The number of hydrogen-bond acceptors (Lipinski definition) is 3. The van der Waals surface area contributed by atoms with Crippen LogP contribution >= 0.6 is 0 Å². The lowest BCUT2D eigenvalue weighted by Gasteiger charge is -2.29. The van der Waals surface area contributed by atoms with E-state index in [-0.39, 0.29) is 11.8 Å². The normalized spacial score (nSPS) is 26.4. The van der Waals surface area contributed by atoms with Crippen molar-refractivity contribution in [1.82, 2.24) is 10.2 Å². The molecule has 2 aliphatic carbocycles. The second-order valence-corrected chi connectivity index (χ2v) is 7.57. The van der Waals surface area contributed by atoms with Crippen LogP contribution in [-0.4, -0.2) is 28.8 Å². The highest BCUT2D eigenvalue weighted by molar-refractivity contribution is 6.10. The SMILES string of the molecule is C#Cc1ccc2c(c1)CC[C@]21NC(=O)N(C(C(N)=O)[C@@H](C)C2CC2)C1=O. The Morgan fingerprint density at radius 3 is 2.77 bits per heavy atom. The summed E-state index contributed by atoms with van der Waals surface area (Å²) in [6, 6.07) is 4.00. The molecule has 6 nitrogen and oxygen atoms in total. The van der Waals surface area contributed by atoms with Crippen LogP contribution in [0.15, 0.2) is 18.2 Å². The molecule has 0 bridgehead atoms. The van der Waals surface area contributed by atoms with E-state index in [1.54, 1.807) is 6.07 Å². The fraction of sp³-hybridized carbons (Fsp3) is 0.450. The first kappa shape index (κ1) is 16.6. The zero-order valence-electron chi connectivity index (χ0n) is 14.6. The number of urea groups is 1. The van der Waals surface area contributed by atoms with Gasteiger partial charge in [0.25, 0.3) is 5.91 Å². The van der Waals surface area contributed by atoms with E-state index in [1.807, 2.05) is 19.1 Å². The minimum atomic E-state index is -1.11. The fourth-order valence-corrected chi connectivity index (χ4v) is 4.46. The zero-order valence-corrected chi connectivity index (χ0v) is 14.6. The van der Waals surface area contributed by atoms with Crippen molar-refractivity contribution in [2.75, 3.05) is 0 Å². The Kier molecular flexibility index (Phi) is 3.58. The number of hydrogen-bond donors (Lipinski definition) is 2. The largest absolute Gasteiger partial charge is 0.368 e. The fourth-order valence-electron chi connectivity index (χ4n) is 4.46. The zero-order chi connectivity index (χ0) is 18.6. The van der Waals surface area contributed by atoms with Crippen molar-refractivity contribution in [3.63, 3.8) is 0 Å². The van der Waals surface area contributed by atoms with Gasteiger partial charge in [0.2, 0.25) is 5.91 Å². The summed E-state index contributed by atoms with van der Waals surface area (Å²) < 4.78 is 0. The maximum atomic E-state index is 13.3. The number of aryl methyl sites for hydroxylation is 1. The van der Waals surface area contributed by atoms with E-state index in [0.717, 1.165) is 34.4 Å². The Balaban J connectivity index is 1.73. The summed E-state index contributed by atoms with van der Waals surface area (Å²) in [6.07, 6.45) is 8.55. The summed E-state index contributed by atoms with van der Waals surface area (Å²) in [4.78, 5) is 39.2. The minimum Gasteiger partial charge on any atom is -0.368 e. The molecule has 2 fully saturated rings. The van der Waals surface area contributed by atoms with Crippen LogP contribution in [-0.2, 0) is 21.5 Å². The number of rotatable bonds is 4. The standard InChI is InChI=1S/C20H21N3O3/c1-3-12-4-7-15-14(10-12)8-9-20(15)18(25)23(19(26)22-20)16(17(21)24)11(2)13-5-6-13/h1,4,7,10-11,13,16H,5-6,8-9H2,2H3,(H2,21,24)(H,22,26)/t11-,16?,20-/m0/s1. The highest BCUT2D eigenvalue weighted by atomic mass is 16.2. The number of carbonyl (C=O) groups excluding carboxylic acids is 3. The van der Waals surface area contributed by atoms with Crippen molar-refractivity contribution in [3.8, 4) is 12.3 Å². The number of nitrogens with two attached hydrogens (primary N) is 1. The first-order chi connectivity index (χ1) is 12.4. The average Bonchev–Trinajstić information content (AvgIpc) is 3.36. The van der Waals surface area contributed by atoms with Gasteiger partial charge < -0.3 is 11.1 Å². The van der Waals surface area contributed by atoms with Gasteiger partial charge in [0, 0.05) is 5.56 Å². The van der Waals surface area contributed by atoms with Gasteiger partial charge in [-0.15, -0.1) is 6.42 Å². The molecule has 134 valence electrons. The predicted molar refractivity (Wildman–Crippen MR) is 94.6 cm³/mol. The summed E-state index contributed by atoms with van der Waals surface area (Å²) in [5.74, 6) is 1.77. The summed E-state index contributed by atoms with van der Waals surface area (Å²) in [5, 5.41) is 2.85. The number of carbonyl (C=O) groups is 3. The third kappa shape index (κ3) is 2.23. The van der Waals surface area contributed by atoms with Crippen molar-refractivity contribution in [1.29, 1.82) is 0 Å². The van der Waals surface area contributed by atoms with Gasteiger partial charge in [-0.25, -0.2) is 9.69 Å². The number of fused-ring (bicyclic) bond motifs is 2. The molecule has 4 rings (SSSR count). The van der Waals surface area contributed by atoms with Gasteiger partial charge in [0.05, 0.1) is 0 Å². The molecule has 1 saturated heterocycles. The van der Waals surface area contributed by atoms with E-state index >= 15 is 0 Å². The van der Waals surface area contributed by atoms with E-state index in [9.17, 15) is 14.4 Å². The smallest absolute Gasteiger partial charge is 0.326 e. The molecule has 1 aliphatic heterocycles. The molecular formula is C20H21N3O3. The first-order valence-corrected chi connectivity index (χ1v) is 8.94. The van der Waals surface area contributed by atoms with Crippen LogP contribution in [0.3, 0.4) is 0 Å². The van der Waals surface area contributed by atoms with Crippen LogP contribution in [0, 0.1) is 24.2 Å². The van der Waals surface area contributed by atoms with Gasteiger partial charge in [0.1, 0.15) is 11.6 Å². The second kappa shape index (κ2) is 5.60. The average molecular weight is 351 g/mol. The molecule has 1 aromatic carbocycles. The van der Waals surface area contributed by atoms with Crippen LogP contribution in [0.2, 0.25) is 0 Å². The lowest BCUT2D eigenvalue weighted by Crippen LogP contribution is -2.53. The third-order valence-corrected chi connectivity index (χ3v) is 6.06. The molecule has 4 amide bonds. The van der Waals surface area contributed by atoms with Crippen molar-refractivity contribution in [2.24, 2.45) is 17.6 Å². The molecule has 1 heterocycles. The molecule has 3 aliphatic rings. The molecular weight excluding hydrogens is 330 g/mol. The van der Waals surface area contributed by atoms with Crippen molar-refractivity contribution in [2.45, 2.75) is 44.2 Å². The Morgan fingerprint density at radius 2 is 2.15 bits per heavy atom. The maximum absolute atomic E-state index is 13.3. The number of primary amides is 1. The van der Waals surface area contributed by atoms with E-state index < -0.39 is 23.5 Å².